The van der Waals surface area contributed by atoms with Crippen LogP contribution in [0.25, 0.3) is 0 Å². The Hall–Kier alpha value is -2.48. The minimum absolute atomic E-state index is 0.134. The van der Waals surface area contributed by atoms with Crippen molar-refractivity contribution in [3.63, 3.8) is 0 Å². The summed E-state index contributed by atoms with van der Waals surface area (Å²) in [5.74, 6) is -0.733. The molecular weight excluding hydrogens is 345 g/mol. The number of nitrogens with two attached hydrogens (primary N) is 1. The highest BCUT2D eigenvalue weighted by Gasteiger charge is 2.17. The second-order valence-corrected chi connectivity index (χ2v) is 4.88. The molecule has 0 heterocycles. The SMILES string of the molecule is N=C(N)c1ccc(Oc2cc(F)ccc2[N+](=O)[O-])cc1Br. The van der Waals surface area contributed by atoms with Gasteiger partial charge in [-0.1, -0.05) is 0 Å². The molecule has 0 saturated carbocycles. The van der Waals surface area contributed by atoms with Crippen molar-refractivity contribution in [2.75, 3.05) is 0 Å². The summed E-state index contributed by atoms with van der Waals surface area (Å²) in [6.07, 6.45) is 0. The van der Waals surface area contributed by atoms with E-state index < -0.39 is 10.7 Å². The van der Waals surface area contributed by atoms with E-state index in [1.807, 2.05) is 0 Å². The molecule has 2 aromatic rings. The molecule has 108 valence electrons. The van der Waals surface area contributed by atoms with Gasteiger partial charge in [0.1, 0.15) is 17.4 Å². The van der Waals surface area contributed by atoms with Gasteiger partial charge in [0.15, 0.2) is 0 Å². The summed E-state index contributed by atoms with van der Waals surface area (Å²) in [7, 11) is 0. The molecule has 0 saturated heterocycles. The maximum Gasteiger partial charge on any atom is 0.311 e. The lowest BCUT2D eigenvalue weighted by atomic mass is 10.2. The van der Waals surface area contributed by atoms with Crippen molar-refractivity contribution in [3.05, 3.63) is 62.4 Å². The number of rotatable bonds is 4. The van der Waals surface area contributed by atoms with Crippen molar-refractivity contribution < 1.29 is 14.1 Å². The van der Waals surface area contributed by atoms with Crippen LogP contribution in [0, 0.1) is 21.3 Å². The predicted molar refractivity (Wildman–Crippen MR) is 78.3 cm³/mol. The number of halogens is 2. The minimum atomic E-state index is -0.659. The molecule has 0 fully saturated rings. The van der Waals surface area contributed by atoms with Gasteiger partial charge in [-0.25, -0.2) is 4.39 Å². The van der Waals surface area contributed by atoms with Crippen LogP contribution in [0.5, 0.6) is 11.5 Å². The molecule has 21 heavy (non-hydrogen) atoms. The Bertz CT molecular complexity index is 737. The van der Waals surface area contributed by atoms with Gasteiger partial charge in [-0.05, 0) is 40.2 Å². The largest absolute Gasteiger partial charge is 0.450 e. The zero-order valence-corrected chi connectivity index (χ0v) is 12.1. The van der Waals surface area contributed by atoms with Gasteiger partial charge < -0.3 is 10.5 Å². The molecule has 0 amide bonds. The fourth-order valence-corrected chi connectivity index (χ4v) is 2.20. The average molecular weight is 354 g/mol. The average Bonchev–Trinajstić information content (AvgIpc) is 2.37. The molecule has 0 aliphatic rings. The van der Waals surface area contributed by atoms with Crippen molar-refractivity contribution in [2.24, 2.45) is 5.73 Å². The number of nitrogens with zero attached hydrogens (tertiary/aromatic N) is 1. The highest BCUT2D eigenvalue weighted by atomic mass is 79.9. The molecule has 0 aliphatic heterocycles. The lowest BCUT2D eigenvalue weighted by Crippen LogP contribution is -2.11. The van der Waals surface area contributed by atoms with Crippen molar-refractivity contribution in [1.82, 2.24) is 0 Å². The van der Waals surface area contributed by atoms with Crippen LogP contribution in [0.15, 0.2) is 40.9 Å². The fourth-order valence-electron chi connectivity index (χ4n) is 1.63. The van der Waals surface area contributed by atoms with E-state index in [4.69, 9.17) is 15.9 Å². The third kappa shape index (κ3) is 3.34. The molecule has 0 aliphatic carbocycles. The molecule has 0 spiro atoms. The number of benzene rings is 2. The zero-order chi connectivity index (χ0) is 15.6. The Morgan fingerprint density at radius 2 is 2.05 bits per heavy atom. The quantitative estimate of drug-likeness (QED) is 0.379. The van der Waals surface area contributed by atoms with Gasteiger partial charge in [-0.2, -0.15) is 0 Å². The van der Waals surface area contributed by atoms with Gasteiger partial charge in [0, 0.05) is 22.2 Å². The monoisotopic (exact) mass is 353 g/mol. The second-order valence-electron chi connectivity index (χ2n) is 4.03. The van der Waals surface area contributed by atoms with E-state index in [2.05, 4.69) is 15.9 Å². The second kappa shape index (κ2) is 5.88. The van der Waals surface area contributed by atoms with Crippen LogP contribution in [0.1, 0.15) is 5.56 Å². The summed E-state index contributed by atoms with van der Waals surface area (Å²) in [5.41, 5.74) is 5.48. The molecule has 0 radical (unpaired) electrons. The van der Waals surface area contributed by atoms with E-state index >= 15 is 0 Å². The van der Waals surface area contributed by atoms with Crippen molar-refractivity contribution in [2.45, 2.75) is 0 Å². The number of nitrogens with one attached hydrogen (secondary N) is 1. The van der Waals surface area contributed by atoms with Crippen LogP contribution >= 0.6 is 15.9 Å². The number of nitro benzene ring substituents is 1. The van der Waals surface area contributed by atoms with E-state index in [0.717, 1.165) is 18.2 Å². The first-order valence-electron chi connectivity index (χ1n) is 5.64. The van der Waals surface area contributed by atoms with Crippen LogP contribution in [0.2, 0.25) is 0 Å². The van der Waals surface area contributed by atoms with Crippen LogP contribution in [0.4, 0.5) is 10.1 Å². The van der Waals surface area contributed by atoms with Crippen molar-refractivity contribution in [3.8, 4) is 11.5 Å². The molecular formula is C13H9BrFN3O3. The van der Waals surface area contributed by atoms with E-state index in [0.29, 0.717) is 10.0 Å². The lowest BCUT2D eigenvalue weighted by Gasteiger charge is -2.08. The summed E-state index contributed by atoms with van der Waals surface area (Å²) < 4.78 is 19.0. The molecule has 8 heteroatoms. The van der Waals surface area contributed by atoms with Gasteiger partial charge in [0.25, 0.3) is 0 Å². The highest BCUT2D eigenvalue weighted by Crippen LogP contribution is 2.33. The molecule has 3 N–H and O–H groups in total. The molecule has 6 nitrogen and oxygen atoms in total. The first-order valence-corrected chi connectivity index (χ1v) is 6.43. The number of nitro groups is 1. The zero-order valence-electron chi connectivity index (χ0n) is 10.5. The summed E-state index contributed by atoms with van der Waals surface area (Å²) in [5, 5.41) is 18.2. The molecule has 2 rings (SSSR count). The molecule has 0 bridgehead atoms. The summed E-state index contributed by atoms with van der Waals surface area (Å²) in [6, 6.07) is 7.45. The topological polar surface area (TPSA) is 102 Å². The van der Waals surface area contributed by atoms with Crippen LogP contribution < -0.4 is 10.5 Å². The fraction of sp³-hybridized carbons (Fsp3) is 0. The number of amidine groups is 1. The smallest absolute Gasteiger partial charge is 0.311 e. The Morgan fingerprint density at radius 3 is 2.62 bits per heavy atom. The first kappa shape index (κ1) is 14.9. The summed E-state index contributed by atoms with van der Waals surface area (Å²) in [4.78, 5) is 10.2. The molecule has 2 aromatic carbocycles. The Morgan fingerprint density at radius 1 is 1.33 bits per heavy atom. The maximum atomic E-state index is 13.2. The Balaban J connectivity index is 2.38. The maximum absolute atomic E-state index is 13.2. The molecule has 0 aromatic heterocycles. The van der Waals surface area contributed by atoms with Crippen LogP contribution in [-0.4, -0.2) is 10.8 Å². The van der Waals surface area contributed by atoms with Gasteiger partial charge in [0.2, 0.25) is 5.75 Å². The third-order valence-corrected chi connectivity index (χ3v) is 3.23. The molecule has 0 atom stereocenters. The van der Waals surface area contributed by atoms with E-state index in [1.54, 1.807) is 0 Å². The number of hydrogen-bond acceptors (Lipinski definition) is 4. The minimum Gasteiger partial charge on any atom is -0.450 e. The summed E-state index contributed by atoms with van der Waals surface area (Å²) >= 11 is 3.21. The first-order chi connectivity index (χ1) is 9.88. The lowest BCUT2D eigenvalue weighted by molar-refractivity contribution is -0.385. The Labute approximate surface area is 127 Å². The van der Waals surface area contributed by atoms with E-state index in [9.17, 15) is 14.5 Å². The van der Waals surface area contributed by atoms with Crippen LogP contribution in [0.3, 0.4) is 0 Å². The summed E-state index contributed by atoms with van der Waals surface area (Å²) in [6.45, 7) is 0. The van der Waals surface area contributed by atoms with Crippen LogP contribution in [-0.2, 0) is 0 Å². The molecule has 0 unspecified atom stereocenters. The number of nitrogen functional groups attached to an aromatic ring is 1. The Kier molecular flexibility index (Phi) is 4.18. The number of ether oxygens (including phenoxy) is 1. The van der Waals surface area contributed by atoms with Crippen molar-refractivity contribution in [1.29, 1.82) is 5.41 Å². The highest BCUT2D eigenvalue weighted by molar-refractivity contribution is 9.10. The van der Waals surface area contributed by atoms with Gasteiger partial charge >= 0.3 is 5.69 Å². The van der Waals surface area contributed by atoms with Gasteiger partial charge in [-0.15, -0.1) is 0 Å². The van der Waals surface area contributed by atoms with Crippen molar-refractivity contribution >= 4 is 27.5 Å². The number of hydrogen-bond donors (Lipinski definition) is 2. The van der Waals surface area contributed by atoms with E-state index in [1.165, 1.54) is 18.2 Å². The normalized spacial score (nSPS) is 10.2. The van der Waals surface area contributed by atoms with E-state index in [-0.39, 0.29) is 23.0 Å². The van der Waals surface area contributed by atoms with Gasteiger partial charge in [-0.3, -0.25) is 15.5 Å². The standard InChI is InChI=1S/C13H9BrFN3O3/c14-10-6-8(2-3-9(10)13(16)17)21-12-5-7(15)1-4-11(12)18(19)20/h1-6H,(H3,16,17). The van der Waals surface area contributed by atoms with Gasteiger partial charge in [0.05, 0.1) is 4.92 Å². The predicted octanol–water partition coefficient (Wildman–Crippen LogP) is 3.57. The third-order valence-electron chi connectivity index (χ3n) is 2.58.